The van der Waals surface area contributed by atoms with Crippen LogP contribution in [0.5, 0.6) is 0 Å². The van der Waals surface area contributed by atoms with Crippen LogP contribution in [-0.4, -0.2) is 44.6 Å². The Balaban J connectivity index is 1.48. The van der Waals surface area contributed by atoms with Gasteiger partial charge in [0, 0.05) is 36.3 Å². The summed E-state index contributed by atoms with van der Waals surface area (Å²) in [6.45, 7) is 3.76. The van der Waals surface area contributed by atoms with Crippen LogP contribution < -0.4 is 10.2 Å². The van der Waals surface area contributed by atoms with E-state index in [2.05, 4.69) is 20.4 Å². The molecule has 156 valence electrons. The summed E-state index contributed by atoms with van der Waals surface area (Å²) in [6.07, 6.45) is 9.18. The first-order chi connectivity index (χ1) is 15.2. The van der Waals surface area contributed by atoms with Crippen molar-refractivity contribution < 1.29 is 4.79 Å². The molecule has 7 nitrogen and oxygen atoms in total. The SMILES string of the molecule is Cc1cccnc1N(C(=O)c1ccc(-c2cnn3cccnc23)cc1)C1CCCNC1. The lowest BCUT2D eigenvalue weighted by Crippen LogP contribution is -2.49. The second kappa shape index (κ2) is 8.28. The predicted molar refractivity (Wildman–Crippen MR) is 120 cm³/mol. The van der Waals surface area contributed by atoms with E-state index in [-0.39, 0.29) is 11.9 Å². The quantitative estimate of drug-likeness (QED) is 0.555. The lowest BCUT2D eigenvalue weighted by molar-refractivity contribution is 0.0971. The van der Waals surface area contributed by atoms with E-state index < -0.39 is 0 Å². The van der Waals surface area contributed by atoms with Crippen LogP contribution in [0.1, 0.15) is 28.8 Å². The van der Waals surface area contributed by atoms with Gasteiger partial charge in [0.15, 0.2) is 5.65 Å². The number of carbonyl (C=O) groups is 1. The molecule has 4 aromatic rings. The highest BCUT2D eigenvalue weighted by Crippen LogP contribution is 2.27. The molecule has 0 spiro atoms. The van der Waals surface area contributed by atoms with Gasteiger partial charge < -0.3 is 5.32 Å². The molecule has 7 heteroatoms. The second-order valence-corrected chi connectivity index (χ2v) is 7.84. The molecule has 1 N–H and O–H groups in total. The molecular weight excluding hydrogens is 388 g/mol. The van der Waals surface area contributed by atoms with Gasteiger partial charge >= 0.3 is 0 Å². The highest BCUT2D eigenvalue weighted by molar-refractivity contribution is 6.06. The van der Waals surface area contributed by atoms with Crippen LogP contribution in [-0.2, 0) is 0 Å². The molecule has 3 aromatic heterocycles. The number of rotatable bonds is 4. The standard InChI is InChI=1S/C24H24N6O/c1-17-5-2-12-26-22(17)30(20-6-3-11-25-15-20)24(31)19-9-7-18(8-10-19)21-16-28-29-14-4-13-27-23(21)29/h2,4-5,7-10,12-14,16,20,25H,3,6,11,15H2,1H3. The lowest BCUT2D eigenvalue weighted by Gasteiger charge is -2.34. The van der Waals surface area contributed by atoms with Gasteiger partial charge in [0.2, 0.25) is 0 Å². The van der Waals surface area contributed by atoms with E-state index in [4.69, 9.17) is 0 Å². The maximum absolute atomic E-state index is 13.6. The van der Waals surface area contributed by atoms with Gasteiger partial charge in [-0.3, -0.25) is 9.69 Å². The average Bonchev–Trinajstić information content (AvgIpc) is 3.25. The van der Waals surface area contributed by atoms with Gasteiger partial charge in [-0.15, -0.1) is 0 Å². The Morgan fingerprint density at radius 1 is 1.13 bits per heavy atom. The minimum absolute atomic E-state index is 0.0277. The van der Waals surface area contributed by atoms with Gasteiger partial charge in [-0.1, -0.05) is 18.2 Å². The van der Waals surface area contributed by atoms with Crippen LogP contribution in [0.2, 0.25) is 0 Å². The third-order valence-electron chi connectivity index (χ3n) is 5.79. The number of benzene rings is 1. The molecule has 0 bridgehead atoms. The highest BCUT2D eigenvalue weighted by Gasteiger charge is 2.29. The Kier molecular flexibility index (Phi) is 5.18. The molecule has 1 amide bonds. The Labute approximate surface area is 180 Å². The maximum Gasteiger partial charge on any atom is 0.259 e. The smallest absolute Gasteiger partial charge is 0.259 e. The van der Waals surface area contributed by atoms with Crippen LogP contribution in [0.4, 0.5) is 5.82 Å². The van der Waals surface area contributed by atoms with E-state index in [1.54, 1.807) is 23.1 Å². The van der Waals surface area contributed by atoms with Crippen molar-refractivity contribution in [3.8, 4) is 11.1 Å². The fraction of sp³-hybridized carbons (Fsp3) is 0.250. The number of anilines is 1. The molecule has 1 unspecified atom stereocenters. The number of aryl methyl sites for hydroxylation is 1. The summed E-state index contributed by atoms with van der Waals surface area (Å²) < 4.78 is 1.75. The molecule has 1 aliphatic rings. The van der Waals surface area contributed by atoms with E-state index in [0.717, 1.165) is 54.1 Å². The zero-order valence-electron chi connectivity index (χ0n) is 17.4. The molecule has 0 radical (unpaired) electrons. The molecule has 0 saturated carbocycles. The number of hydrogen-bond donors (Lipinski definition) is 1. The fourth-order valence-electron chi connectivity index (χ4n) is 4.18. The van der Waals surface area contributed by atoms with Crippen LogP contribution in [0.15, 0.2) is 67.3 Å². The lowest BCUT2D eigenvalue weighted by atomic mass is 10.0. The summed E-state index contributed by atoms with van der Waals surface area (Å²) >= 11 is 0. The van der Waals surface area contributed by atoms with Crippen LogP contribution >= 0.6 is 0 Å². The molecule has 1 saturated heterocycles. The highest BCUT2D eigenvalue weighted by atomic mass is 16.2. The van der Waals surface area contributed by atoms with Crippen molar-refractivity contribution in [2.75, 3.05) is 18.0 Å². The molecule has 1 fully saturated rings. The summed E-state index contributed by atoms with van der Waals surface area (Å²) in [5.74, 6) is 0.706. The van der Waals surface area contributed by atoms with Gasteiger partial charge in [0.05, 0.1) is 12.2 Å². The molecule has 1 atom stereocenters. The van der Waals surface area contributed by atoms with E-state index in [1.165, 1.54) is 0 Å². The van der Waals surface area contributed by atoms with Crippen molar-refractivity contribution in [2.45, 2.75) is 25.8 Å². The fourth-order valence-corrected chi connectivity index (χ4v) is 4.18. The summed E-state index contributed by atoms with van der Waals surface area (Å²) in [4.78, 5) is 24.5. The van der Waals surface area contributed by atoms with Gasteiger partial charge in [0.25, 0.3) is 5.91 Å². The van der Waals surface area contributed by atoms with Crippen LogP contribution in [0.25, 0.3) is 16.8 Å². The monoisotopic (exact) mass is 412 g/mol. The molecular formula is C24H24N6O. The molecule has 5 rings (SSSR count). The van der Waals surface area contributed by atoms with Crippen molar-refractivity contribution in [1.29, 1.82) is 0 Å². The van der Waals surface area contributed by atoms with E-state index in [9.17, 15) is 4.79 Å². The Morgan fingerprint density at radius 2 is 1.97 bits per heavy atom. The minimum Gasteiger partial charge on any atom is -0.315 e. The Bertz CT molecular complexity index is 1210. The van der Waals surface area contributed by atoms with Crippen LogP contribution in [0.3, 0.4) is 0 Å². The largest absolute Gasteiger partial charge is 0.315 e. The van der Waals surface area contributed by atoms with Crippen molar-refractivity contribution in [2.24, 2.45) is 0 Å². The third-order valence-corrected chi connectivity index (χ3v) is 5.79. The summed E-state index contributed by atoms with van der Waals surface area (Å²) in [7, 11) is 0. The number of fused-ring (bicyclic) bond motifs is 1. The van der Waals surface area contributed by atoms with Gasteiger partial charge in [0.1, 0.15) is 5.82 Å². The van der Waals surface area contributed by atoms with E-state index in [0.29, 0.717) is 5.56 Å². The number of pyridine rings is 1. The zero-order chi connectivity index (χ0) is 21.2. The molecule has 1 aliphatic heterocycles. The topological polar surface area (TPSA) is 75.4 Å². The summed E-state index contributed by atoms with van der Waals surface area (Å²) in [6, 6.07) is 13.5. The number of nitrogens with one attached hydrogen (secondary N) is 1. The minimum atomic E-state index is -0.0277. The van der Waals surface area contributed by atoms with Gasteiger partial charge in [-0.05, 0) is 61.7 Å². The summed E-state index contributed by atoms with van der Waals surface area (Å²) in [5, 5.41) is 7.77. The zero-order valence-corrected chi connectivity index (χ0v) is 17.4. The Hall–Kier alpha value is -3.58. The van der Waals surface area contributed by atoms with E-state index >= 15 is 0 Å². The van der Waals surface area contributed by atoms with Gasteiger partial charge in [-0.2, -0.15) is 5.10 Å². The van der Waals surface area contributed by atoms with Gasteiger partial charge in [-0.25, -0.2) is 14.5 Å². The number of piperidine rings is 1. The first-order valence-corrected chi connectivity index (χ1v) is 10.6. The molecule has 0 aliphatic carbocycles. The first kappa shape index (κ1) is 19.4. The second-order valence-electron chi connectivity index (χ2n) is 7.84. The molecule has 4 heterocycles. The summed E-state index contributed by atoms with van der Waals surface area (Å²) in [5.41, 5.74) is 4.35. The number of aromatic nitrogens is 4. The van der Waals surface area contributed by atoms with Crippen LogP contribution in [0, 0.1) is 6.92 Å². The first-order valence-electron chi connectivity index (χ1n) is 10.6. The molecule has 31 heavy (non-hydrogen) atoms. The predicted octanol–water partition coefficient (Wildman–Crippen LogP) is 3.50. The maximum atomic E-state index is 13.6. The van der Waals surface area contributed by atoms with E-state index in [1.807, 2.05) is 60.5 Å². The Morgan fingerprint density at radius 3 is 2.74 bits per heavy atom. The van der Waals surface area contributed by atoms with Crippen molar-refractivity contribution in [3.05, 3.63) is 78.4 Å². The van der Waals surface area contributed by atoms with Crippen molar-refractivity contribution in [1.82, 2.24) is 24.9 Å². The number of carbonyl (C=O) groups excluding carboxylic acids is 1. The number of amides is 1. The number of nitrogens with zero attached hydrogens (tertiary/aromatic N) is 5. The average molecular weight is 412 g/mol. The molecule has 1 aromatic carbocycles. The van der Waals surface area contributed by atoms with Crippen molar-refractivity contribution in [3.63, 3.8) is 0 Å². The normalized spacial score (nSPS) is 16.4. The third kappa shape index (κ3) is 3.68. The van der Waals surface area contributed by atoms with Crippen molar-refractivity contribution >= 4 is 17.4 Å². The number of hydrogen-bond acceptors (Lipinski definition) is 5.